The smallest absolute Gasteiger partial charge is 0.262 e. The number of halogens is 2. The molecule has 0 saturated carbocycles. The van der Waals surface area contributed by atoms with Gasteiger partial charge in [-0.1, -0.05) is 12.1 Å². The molecule has 1 amide bonds. The zero-order valence-corrected chi connectivity index (χ0v) is 19.4. The molecule has 0 bridgehead atoms. The molecule has 168 valence electrons. The van der Waals surface area contributed by atoms with Crippen molar-refractivity contribution < 1.29 is 13.6 Å². The third kappa shape index (κ3) is 4.35. The van der Waals surface area contributed by atoms with Gasteiger partial charge in [-0.25, -0.2) is 18.7 Å². The van der Waals surface area contributed by atoms with Crippen LogP contribution in [-0.4, -0.2) is 20.9 Å². The van der Waals surface area contributed by atoms with Crippen LogP contribution in [0.5, 0.6) is 0 Å². The summed E-state index contributed by atoms with van der Waals surface area (Å²) < 4.78 is 27.7. The van der Waals surface area contributed by atoms with Crippen molar-refractivity contribution in [2.45, 2.75) is 6.92 Å². The second kappa shape index (κ2) is 9.20. The highest BCUT2D eigenvalue weighted by Crippen LogP contribution is 2.40. The Morgan fingerprint density at radius 2 is 1.71 bits per heavy atom. The Labute approximate surface area is 201 Å². The summed E-state index contributed by atoms with van der Waals surface area (Å²) in [5.74, 6) is -2.54. The number of amides is 1. The second-order valence-electron chi connectivity index (χ2n) is 7.33. The number of nitrogens with one attached hydrogen (secondary N) is 1. The number of aromatic nitrogens is 3. The van der Waals surface area contributed by atoms with Gasteiger partial charge < -0.3 is 5.32 Å². The first-order valence-corrected chi connectivity index (χ1v) is 11.8. The van der Waals surface area contributed by atoms with Crippen LogP contribution in [0.3, 0.4) is 0 Å². The molecule has 34 heavy (non-hydrogen) atoms. The van der Waals surface area contributed by atoms with Gasteiger partial charge in [-0.05, 0) is 48.9 Å². The Bertz CT molecular complexity index is 1460. The molecule has 0 aliphatic rings. The van der Waals surface area contributed by atoms with Gasteiger partial charge in [0.1, 0.15) is 28.0 Å². The van der Waals surface area contributed by atoms with E-state index in [0.717, 1.165) is 48.5 Å². The predicted molar refractivity (Wildman–Crippen MR) is 131 cm³/mol. The molecule has 4 heterocycles. The molecule has 4 aromatic heterocycles. The van der Waals surface area contributed by atoms with Crippen LogP contribution in [0.4, 0.5) is 14.6 Å². The Morgan fingerprint density at radius 3 is 2.41 bits per heavy atom. The lowest BCUT2D eigenvalue weighted by Gasteiger charge is -2.07. The summed E-state index contributed by atoms with van der Waals surface area (Å²) in [7, 11) is 0. The number of thiazole rings is 1. The molecule has 0 atom stereocenters. The molecular weight excluding hydrogens is 474 g/mol. The predicted octanol–water partition coefficient (Wildman–Crippen LogP) is 6.83. The largest absolute Gasteiger partial charge is 0.306 e. The van der Waals surface area contributed by atoms with E-state index in [4.69, 9.17) is 0 Å². The number of aryl methyl sites for hydroxylation is 1. The third-order valence-corrected chi connectivity index (χ3v) is 7.35. The van der Waals surface area contributed by atoms with Crippen molar-refractivity contribution in [3.05, 3.63) is 95.4 Å². The standard InChI is InChI=1S/C25H16F2N4OS2/c1-14-17(10-20(33-14)25-30-13-21(34-25)16-4-3-9-28-11-16)15-7-8-22(29-12-15)31-24(32)23-18(26)5-2-6-19(23)27/h2-13H,1H3,(H,29,31,32). The minimum atomic E-state index is -0.926. The number of carbonyl (C=O) groups excluding carboxylic acids is 1. The van der Waals surface area contributed by atoms with Crippen molar-refractivity contribution in [3.8, 4) is 31.5 Å². The van der Waals surface area contributed by atoms with Crippen molar-refractivity contribution in [2.75, 3.05) is 5.32 Å². The minimum absolute atomic E-state index is 0.200. The molecule has 0 spiro atoms. The van der Waals surface area contributed by atoms with E-state index in [1.807, 2.05) is 37.5 Å². The summed E-state index contributed by atoms with van der Waals surface area (Å²) in [6.07, 6.45) is 7.02. The zero-order valence-electron chi connectivity index (χ0n) is 17.8. The van der Waals surface area contributed by atoms with Crippen molar-refractivity contribution >= 4 is 34.4 Å². The van der Waals surface area contributed by atoms with Gasteiger partial charge >= 0.3 is 0 Å². The van der Waals surface area contributed by atoms with Crippen molar-refractivity contribution in [1.29, 1.82) is 0 Å². The van der Waals surface area contributed by atoms with Crippen molar-refractivity contribution in [2.24, 2.45) is 0 Å². The second-order valence-corrected chi connectivity index (χ2v) is 9.62. The van der Waals surface area contributed by atoms with Gasteiger partial charge in [0.25, 0.3) is 5.91 Å². The van der Waals surface area contributed by atoms with E-state index in [-0.39, 0.29) is 5.82 Å². The van der Waals surface area contributed by atoms with E-state index < -0.39 is 23.1 Å². The monoisotopic (exact) mass is 490 g/mol. The summed E-state index contributed by atoms with van der Waals surface area (Å²) in [6, 6.07) is 12.7. The number of benzene rings is 1. The van der Waals surface area contributed by atoms with Crippen LogP contribution in [0.25, 0.3) is 31.5 Å². The van der Waals surface area contributed by atoms with Crippen molar-refractivity contribution in [3.63, 3.8) is 0 Å². The molecule has 5 nitrogen and oxygen atoms in total. The average molecular weight is 491 g/mol. The molecule has 9 heteroatoms. The lowest BCUT2D eigenvalue weighted by Crippen LogP contribution is -2.16. The minimum Gasteiger partial charge on any atom is -0.306 e. The quantitative estimate of drug-likeness (QED) is 0.293. The summed E-state index contributed by atoms with van der Waals surface area (Å²) in [6.45, 7) is 2.02. The van der Waals surface area contributed by atoms with Gasteiger partial charge in [0.05, 0.1) is 9.75 Å². The maximum Gasteiger partial charge on any atom is 0.262 e. The summed E-state index contributed by atoms with van der Waals surface area (Å²) >= 11 is 3.24. The average Bonchev–Trinajstić information content (AvgIpc) is 3.47. The molecule has 0 radical (unpaired) electrons. The fourth-order valence-electron chi connectivity index (χ4n) is 3.42. The van der Waals surface area contributed by atoms with Gasteiger partial charge in [0, 0.05) is 40.8 Å². The van der Waals surface area contributed by atoms with E-state index in [0.29, 0.717) is 0 Å². The molecule has 0 fully saturated rings. The molecular formula is C25H16F2N4OS2. The van der Waals surface area contributed by atoms with E-state index in [1.165, 1.54) is 6.07 Å². The number of rotatable bonds is 5. The highest BCUT2D eigenvalue weighted by molar-refractivity contribution is 7.23. The number of thiophene rings is 1. The first-order chi connectivity index (χ1) is 16.5. The number of hydrogen-bond acceptors (Lipinski definition) is 6. The van der Waals surface area contributed by atoms with Crippen molar-refractivity contribution in [1.82, 2.24) is 15.0 Å². The lowest BCUT2D eigenvalue weighted by molar-refractivity contribution is 0.101. The number of carbonyl (C=O) groups is 1. The highest BCUT2D eigenvalue weighted by Gasteiger charge is 2.18. The molecule has 1 aromatic carbocycles. The van der Waals surface area contributed by atoms with Crippen LogP contribution in [0, 0.1) is 18.6 Å². The molecule has 0 aliphatic carbocycles. The first-order valence-electron chi connectivity index (χ1n) is 10.2. The van der Waals surface area contributed by atoms with E-state index >= 15 is 0 Å². The molecule has 0 saturated heterocycles. The highest BCUT2D eigenvalue weighted by atomic mass is 32.1. The normalized spacial score (nSPS) is 10.9. The summed E-state index contributed by atoms with van der Waals surface area (Å²) in [5, 5.41) is 3.36. The van der Waals surface area contributed by atoms with Gasteiger partial charge in [-0.3, -0.25) is 9.78 Å². The van der Waals surface area contributed by atoms with E-state index in [2.05, 4.69) is 26.3 Å². The summed E-state index contributed by atoms with van der Waals surface area (Å²) in [4.78, 5) is 28.5. The van der Waals surface area contributed by atoms with Gasteiger partial charge in [-0.15, -0.1) is 22.7 Å². The number of anilines is 1. The Kier molecular flexibility index (Phi) is 5.95. The SMILES string of the molecule is Cc1sc(-c2ncc(-c3cccnc3)s2)cc1-c1ccc(NC(=O)c2c(F)cccc2F)nc1. The maximum atomic E-state index is 13.8. The molecule has 1 N–H and O–H groups in total. The number of hydrogen-bond donors (Lipinski definition) is 1. The van der Waals surface area contributed by atoms with E-state index in [1.54, 1.807) is 41.1 Å². The molecule has 5 rings (SSSR count). The molecule has 0 unspecified atom stereocenters. The first kappa shape index (κ1) is 22.0. The van der Waals surface area contributed by atoms with Crippen LogP contribution in [0.1, 0.15) is 15.2 Å². The summed E-state index contributed by atoms with van der Waals surface area (Å²) in [5.41, 5.74) is 2.25. The number of nitrogens with zero attached hydrogens (tertiary/aromatic N) is 3. The topological polar surface area (TPSA) is 67.8 Å². The molecule has 0 aliphatic heterocycles. The Balaban J connectivity index is 1.35. The van der Waals surface area contributed by atoms with E-state index in [9.17, 15) is 13.6 Å². The fourth-order valence-corrected chi connectivity index (χ4v) is 5.43. The van der Waals surface area contributed by atoms with Crippen LogP contribution >= 0.6 is 22.7 Å². The number of pyridine rings is 2. The lowest BCUT2D eigenvalue weighted by atomic mass is 10.1. The van der Waals surface area contributed by atoms with Crippen LogP contribution in [0.15, 0.2) is 73.3 Å². The van der Waals surface area contributed by atoms with Crippen LogP contribution < -0.4 is 5.32 Å². The van der Waals surface area contributed by atoms with Gasteiger partial charge in [0.2, 0.25) is 0 Å². The van der Waals surface area contributed by atoms with Gasteiger partial charge in [-0.2, -0.15) is 0 Å². The fraction of sp³-hybridized carbons (Fsp3) is 0.0400. The maximum absolute atomic E-state index is 13.8. The Morgan fingerprint density at radius 1 is 0.882 bits per heavy atom. The third-order valence-electron chi connectivity index (χ3n) is 5.09. The Hall–Kier alpha value is -3.82. The zero-order chi connectivity index (χ0) is 23.7. The van der Waals surface area contributed by atoms with Crippen LogP contribution in [-0.2, 0) is 0 Å². The van der Waals surface area contributed by atoms with Crippen LogP contribution in [0.2, 0.25) is 0 Å². The molecule has 5 aromatic rings. The van der Waals surface area contributed by atoms with Gasteiger partial charge in [0.15, 0.2) is 0 Å².